The molecule has 0 spiro atoms. The van der Waals surface area contributed by atoms with Crippen molar-refractivity contribution in [3.8, 4) is 5.75 Å². The summed E-state index contributed by atoms with van der Waals surface area (Å²) < 4.78 is 5.60. The summed E-state index contributed by atoms with van der Waals surface area (Å²) in [5.41, 5.74) is 1.22. The molecule has 2 rings (SSSR count). The van der Waals surface area contributed by atoms with E-state index >= 15 is 0 Å². The average molecular weight is 249 g/mol. The van der Waals surface area contributed by atoms with Crippen molar-refractivity contribution >= 4 is 0 Å². The first-order valence-corrected chi connectivity index (χ1v) is 6.82. The number of piperidine rings is 1. The standard InChI is InChI=1S/C15H23NO2/c1-12-2-4-15(5-3-12)18-11-14(17)10-13-6-8-16-9-7-13/h2-5,13-14,16-17H,6-11H2,1H3. The lowest BCUT2D eigenvalue weighted by Crippen LogP contribution is -2.31. The summed E-state index contributed by atoms with van der Waals surface area (Å²) in [6.07, 6.45) is 2.84. The Kier molecular flexibility index (Phi) is 5.02. The summed E-state index contributed by atoms with van der Waals surface area (Å²) in [5.74, 6) is 1.48. The summed E-state index contributed by atoms with van der Waals surface area (Å²) in [6.45, 7) is 4.61. The molecule has 0 saturated carbocycles. The molecule has 1 aromatic rings. The van der Waals surface area contributed by atoms with Gasteiger partial charge >= 0.3 is 0 Å². The van der Waals surface area contributed by atoms with E-state index in [9.17, 15) is 5.11 Å². The first kappa shape index (κ1) is 13.4. The van der Waals surface area contributed by atoms with E-state index in [1.54, 1.807) is 0 Å². The zero-order chi connectivity index (χ0) is 12.8. The van der Waals surface area contributed by atoms with E-state index in [1.165, 1.54) is 18.4 Å². The lowest BCUT2D eigenvalue weighted by molar-refractivity contribution is 0.0795. The van der Waals surface area contributed by atoms with Crippen LogP contribution in [0.5, 0.6) is 5.75 Å². The van der Waals surface area contributed by atoms with Crippen molar-refractivity contribution in [3.63, 3.8) is 0 Å². The minimum atomic E-state index is -0.352. The smallest absolute Gasteiger partial charge is 0.119 e. The molecule has 2 N–H and O–H groups in total. The molecule has 1 aromatic carbocycles. The van der Waals surface area contributed by atoms with Crippen LogP contribution in [-0.4, -0.2) is 30.9 Å². The highest BCUT2D eigenvalue weighted by Crippen LogP contribution is 2.19. The zero-order valence-electron chi connectivity index (χ0n) is 11.1. The summed E-state index contributed by atoms with van der Waals surface area (Å²) in [6, 6.07) is 7.95. The first-order valence-electron chi connectivity index (χ1n) is 6.82. The van der Waals surface area contributed by atoms with Gasteiger partial charge in [0.15, 0.2) is 0 Å². The fourth-order valence-corrected chi connectivity index (χ4v) is 2.40. The van der Waals surface area contributed by atoms with Gasteiger partial charge in [0, 0.05) is 0 Å². The Balaban J connectivity index is 1.70. The predicted octanol–water partition coefficient (Wildman–Crippen LogP) is 2.12. The van der Waals surface area contributed by atoms with Crippen molar-refractivity contribution in [1.29, 1.82) is 0 Å². The molecule has 0 aromatic heterocycles. The van der Waals surface area contributed by atoms with Crippen molar-refractivity contribution in [2.75, 3.05) is 19.7 Å². The third-order valence-electron chi connectivity index (χ3n) is 3.53. The summed E-state index contributed by atoms with van der Waals surface area (Å²) in [4.78, 5) is 0. The highest BCUT2D eigenvalue weighted by atomic mass is 16.5. The summed E-state index contributed by atoms with van der Waals surface area (Å²) in [5, 5.41) is 13.3. The minimum Gasteiger partial charge on any atom is -0.491 e. The Morgan fingerprint density at radius 3 is 2.61 bits per heavy atom. The van der Waals surface area contributed by atoms with E-state index in [2.05, 4.69) is 12.2 Å². The summed E-state index contributed by atoms with van der Waals surface area (Å²) >= 11 is 0. The fourth-order valence-electron chi connectivity index (χ4n) is 2.40. The number of hydrogen-bond acceptors (Lipinski definition) is 3. The Labute approximate surface area is 109 Å². The molecule has 0 aliphatic carbocycles. The zero-order valence-corrected chi connectivity index (χ0v) is 11.1. The van der Waals surface area contributed by atoms with Gasteiger partial charge in [-0.2, -0.15) is 0 Å². The molecule has 18 heavy (non-hydrogen) atoms. The maximum absolute atomic E-state index is 9.97. The largest absolute Gasteiger partial charge is 0.491 e. The molecule has 0 amide bonds. The highest BCUT2D eigenvalue weighted by Gasteiger charge is 2.17. The van der Waals surface area contributed by atoms with Crippen LogP contribution in [0.1, 0.15) is 24.8 Å². The van der Waals surface area contributed by atoms with Gasteiger partial charge in [0.1, 0.15) is 12.4 Å². The van der Waals surface area contributed by atoms with Crippen molar-refractivity contribution in [1.82, 2.24) is 5.32 Å². The van der Waals surface area contributed by atoms with Crippen molar-refractivity contribution in [2.45, 2.75) is 32.3 Å². The molecular weight excluding hydrogens is 226 g/mol. The van der Waals surface area contributed by atoms with Crippen LogP contribution < -0.4 is 10.1 Å². The quantitative estimate of drug-likeness (QED) is 0.840. The molecule has 3 nitrogen and oxygen atoms in total. The van der Waals surface area contributed by atoms with Gasteiger partial charge in [-0.1, -0.05) is 17.7 Å². The van der Waals surface area contributed by atoms with Crippen molar-refractivity contribution in [2.24, 2.45) is 5.92 Å². The minimum absolute atomic E-state index is 0.352. The Bertz CT molecular complexity index is 344. The molecule has 100 valence electrons. The van der Waals surface area contributed by atoms with Crippen molar-refractivity contribution < 1.29 is 9.84 Å². The second-order valence-electron chi connectivity index (χ2n) is 5.21. The topological polar surface area (TPSA) is 41.5 Å². The lowest BCUT2D eigenvalue weighted by Gasteiger charge is -2.24. The van der Waals surface area contributed by atoms with Gasteiger partial charge in [-0.15, -0.1) is 0 Å². The van der Waals surface area contributed by atoms with Crippen LogP contribution in [0.15, 0.2) is 24.3 Å². The van der Waals surface area contributed by atoms with Gasteiger partial charge in [-0.25, -0.2) is 0 Å². The Morgan fingerprint density at radius 2 is 1.94 bits per heavy atom. The Hall–Kier alpha value is -1.06. The van der Waals surface area contributed by atoms with Crippen LogP contribution in [0.4, 0.5) is 0 Å². The third kappa shape index (κ3) is 4.31. The average Bonchev–Trinajstić information content (AvgIpc) is 2.39. The number of rotatable bonds is 5. The van der Waals surface area contributed by atoms with E-state index < -0.39 is 0 Å². The van der Waals surface area contributed by atoms with Gasteiger partial charge in [-0.05, 0) is 57.3 Å². The van der Waals surface area contributed by atoms with Crippen LogP contribution in [0, 0.1) is 12.8 Å². The molecule has 1 aliphatic heterocycles. The van der Waals surface area contributed by atoms with Crippen LogP contribution in [-0.2, 0) is 0 Å². The van der Waals surface area contributed by atoms with Crippen LogP contribution in [0.25, 0.3) is 0 Å². The monoisotopic (exact) mass is 249 g/mol. The van der Waals surface area contributed by atoms with Gasteiger partial charge in [0.2, 0.25) is 0 Å². The number of aryl methyl sites for hydroxylation is 1. The maximum atomic E-state index is 9.97. The first-order chi connectivity index (χ1) is 8.74. The third-order valence-corrected chi connectivity index (χ3v) is 3.53. The molecule has 1 aliphatic rings. The number of benzene rings is 1. The van der Waals surface area contributed by atoms with E-state index in [1.807, 2.05) is 24.3 Å². The molecule has 1 unspecified atom stereocenters. The van der Waals surface area contributed by atoms with E-state index in [4.69, 9.17) is 4.74 Å². The molecule has 1 heterocycles. The van der Waals surface area contributed by atoms with Gasteiger partial charge in [-0.3, -0.25) is 0 Å². The molecule has 0 bridgehead atoms. The number of aliphatic hydroxyl groups excluding tert-OH is 1. The summed E-state index contributed by atoms with van der Waals surface area (Å²) in [7, 11) is 0. The number of aliphatic hydroxyl groups is 1. The van der Waals surface area contributed by atoms with E-state index in [0.29, 0.717) is 12.5 Å². The second kappa shape index (κ2) is 6.76. The highest BCUT2D eigenvalue weighted by molar-refractivity contribution is 5.26. The van der Waals surface area contributed by atoms with Crippen LogP contribution in [0.2, 0.25) is 0 Å². The molecule has 0 radical (unpaired) electrons. The number of ether oxygens (including phenoxy) is 1. The van der Waals surface area contributed by atoms with Crippen LogP contribution in [0.3, 0.4) is 0 Å². The van der Waals surface area contributed by atoms with Crippen LogP contribution >= 0.6 is 0 Å². The normalized spacial score (nSPS) is 18.6. The Morgan fingerprint density at radius 1 is 1.28 bits per heavy atom. The molecule has 1 atom stereocenters. The number of hydrogen-bond donors (Lipinski definition) is 2. The molecule has 3 heteroatoms. The molecule has 1 saturated heterocycles. The maximum Gasteiger partial charge on any atom is 0.119 e. The van der Waals surface area contributed by atoms with E-state index in [-0.39, 0.29) is 6.10 Å². The molecule has 1 fully saturated rings. The SMILES string of the molecule is Cc1ccc(OCC(O)CC2CCNCC2)cc1. The van der Waals surface area contributed by atoms with Gasteiger partial charge in [0.25, 0.3) is 0 Å². The molecular formula is C15H23NO2. The predicted molar refractivity (Wildman–Crippen MR) is 72.9 cm³/mol. The number of nitrogens with one attached hydrogen (secondary N) is 1. The van der Waals surface area contributed by atoms with E-state index in [0.717, 1.165) is 25.3 Å². The second-order valence-corrected chi connectivity index (χ2v) is 5.21. The lowest BCUT2D eigenvalue weighted by atomic mass is 9.92. The van der Waals surface area contributed by atoms with Gasteiger partial charge in [0.05, 0.1) is 6.10 Å². The fraction of sp³-hybridized carbons (Fsp3) is 0.600. The van der Waals surface area contributed by atoms with Gasteiger partial charge < -0.3 is 15.2 Å². The van der Waals surface area contributed by atoms with Crippen molar-refractivity contribution in [3.05, 3.63) is 29.8 Å².